The lowest BCUT2D eigenvalue weighted by Crippen LogP contribution is -2.63. The Bertz CT molecular complexity index is 1990. The molecular formula is C59H103N5O12. The Balaban J connectivity index is 1.54. The molecule has 0 spiro atoms. The zero-order valence-electron chi connectivity index (χ0n) is 51.3. The van der Waals surface area contributed by atoms with E-state index in [1.54, 1.807) is 0 Å². The average molecular weight is 1070 g/mol. The van der Waals surface area contributed by atoms with Crippen molar-refractivity contribution in [3.63, 3.8) is 0 Å². The van der Waals surface area contributed by atoms with Crippen molar-refractivity contribution in [2.75, 3.05) is 21.1 Å². The fourth-order valence-electron chi connectivity index (χ4n) is 15.5. The SMILES string of the molecule is CN1C(C)(C)CC(OC(=O)C2CC(C(=O)OC3CC(C)(C)N(O)C(C)(C)C3)C(C(=O)OC3CC(C)(C)N(C)C(C)(C)C3)C(C(=O)OC3CC(C)(C)N(O)C(C)(C)C3)C2C(=O)OC2CC(C)(C)N(C)C(C)(C)C2)CC1(C)C. The minimum Gasteiger partial charge on any atom is -0.462 e. The van der Waals surface area contributed by atoms with Gasteiger partial charge < -0.3 is 34.1 Å². The largest absolute Gasteiger partial charge is 0.462 e. The lowest BCUT2D eigenvalue weighted by Gasteiger charge is -2.54. The second-order valence-electron chi connectivity index (χ2n) is 30.8. The number of piperidine rings is 5. The Labute approximate surface area is 457 Å². The number of rotatable bonds is 10. The summed E-state index contributed by atoms with van der Waals surface area (Å²) in [5.41, 5.74) is -5.85. The number of hydroxylamine groups is 4. The third-order valence-corrected chi connectivity index (χ3v) is 20.0. The number of carbonyl (C=O) groups is 5. The summed E-state index contributed by atoms with van der Waals surface area (Å²) in [4.78, 5) is 85.5. The minimum atomic E-state index is -1.78. The van der Waals surface area contributed by atoms with E-state index in [1.165, 1.54) is 10.1 Å². The molecule has 17 heteroatoms. The normalized spacial score (nSPS) is 33.1. The Hall–Kier alpha value is -2.93. The summed E-state index contributed by atoms with van der Waals surface area (Å²) in [5, 5.41) is 25.2. The van der Waals surface area contributed by atoms with Crippen LogP contribution in [-0.4, -0.2) is 172 Å². The van der Waals surface area contributed by atoms with Crippen LogP contribution in [0.25, 0.3) is 0 Å². The molecule has 0 radical (unpaired) electrons. The number of ether oxygens (including phenoxy) is 5. The van der Waals surface area contributed by atoms with Gasteiger partial charge in [0.1, 0.15) is 30.5 Å². The first-order valence-corrected chi connectivity index (χ1v) is 28.4. The van der Waals surface area contributed by atoms with Crippen molar-refractivity contribution in [1.82, 2.24) is 24.8 Å². The van der Waals surface area contributed by atoms with E-state index < -0.39 is 145 Å². The van der Waals surface area contributed by atoms with Crippen LogP contribution in [0.2, 0.25) is 0 Å². The molecule has 0 bridgehead atoms. The van der Waals surface area contributed by atoms with Gasteiger partial charge in [-0.15, -0.1) is 0 Å². The highest BCUT2D eigenvalue weighted by Gasteiger charge is 2.63. The van der Waals surface area contributed by atoms with Crippen LogP contribution in [0.5, 0.6) is 0 Å². The van der Waals surface area contributed by atoms with E-state index in [-0.39, 0.29) is 32.1 Å². The molecule has 1 saturated carbocycles. The molecule has 436 valence electrons. The van der Waals surface area contributed by atoms with Crippen LogP contribution < -0.4 is 0 Å². The van der Waals surface area contributed by atoms with E-state index in [0.29, 0.717) is 38.5 Å². The second kappa shape index (κ2) is 20.6. The summed E-state index contributed by atoms with van der Waals surface area (Å²) < 4.78 is 33.0. The van der Waals surface area contributed by atoms with Crippen molar-refractivity contribution in [2.45, 2.75) is 295 Å². The zero-order chi connectivity index (χ0) is 57.9. The van der Waals surface area contributed by atoms with Gasteiger partial charge in [0.2, 0.25) is 0 Å². The molecule has 5 aliphatic heterocycles. The zero-order valence-corrected chi connectivity index (χ0v) is 51.3. The predicted octanol–water partition coefficient (Wildman–Crippen LogP) is 8.96. The van der Waals surface area contributed by atoms with Crippen molar-refractivity contribution < 1.29 is 58.1 Å². The van der Waals surface area contributed by atoms with Gasteiger partial charge in [-0.05, 0) is 166 Å². The van der Waals surface area contributed by atoms with E-state index in [2.05, 4.69) is 105 Å². The average Bonchev–Trinajstić information content (AvgIpc) is 3.22. The first kappa shape index (κ1) is 62.3. The molecule has 2 N–H and O–H groups in total. The highest BCUT2D eigenvalue weighted by Crippen LogP contribution is 2.51. The molecule has 5 atom stereocenters. The highest BCUT2D eigenvalue weighted by molar-refractivity contribution is 5.94. The molecule has 17 nitrogen and oxygen atoms in total. The van der Waals surface area contributed by atoms with Gasteiger partial charge in [0, 0.05) is 120 Å². The molecule has 5 saturated heterocycles. The molecule has 5 unspecified atom stereocenters. The topological polar surface area (TPSA) is 188 Å². The molecule has 76 heavy (non-hydrogen) atoms. The van der Waals surface area contributed by atoms with Crippen LogP contribution in [0.1, 0.15) is 209 Å². The lowest BCUT2D eigenvalue weighted by molar-refractivity contribution is -0.261. The second-order valence-corrected chi connectivity index (χ2v) is 30.8. The van der Waals surface area contributed by atoms with E-state index in [1.807, 2.05) is 69.5 Å². The summed E-state index contributed by atoms with van der Waals surface area (Å²) in [6, 6.07) is 0. The molecule has 6 rings (SSSR count). The van der Waals surface area contributed by atoms with E-state index >= 15 is 24.0 Å². The predicted molar refractivity (Wildman–Crippen MR) is 289 cm³/mol. The smallest absolute Gasteiger partial charge is 0.311 e. The summed E-state index contributed by atoms with van der Waals surface area (Å²) in [5.74, 6) is -12.3. The molecule has 5 heterocycles. The molecule has 6 aliphatic rings. The van der Waals surface area contributed by atoms with Crippen LogP contribution in [0.3, 0.4) is 0 Å². The Morgan fingerprint density at radius 3 is 0.684 bits per heavy atom. The fraction of sp³-hybridized carbons (Fsp3) is 0.915. The van der Waals surface area contributed by atoms with Gasteiger partial charge in [0.05, 0.1) is 29.6 Å². The first-order valence-electron chi connectivity index (χ1n) is 28.4. The maximum atomic E-state index is 15.9. The molecule has 6 fully saturated rings. The maximum Gasteiger partial charge on any atom is 0.311 e. The molecule has 0 aromatic carbocycles. The van der Waals surface area contributed by atoms with Crippen molar-refractivity contribution >= 4 is 29.8 Å². The standard InChI is InChI=1S/C59H103N5O12/c1-50(2)25-35(26-51(3,4)60(50)21)72-45(65)40-24-41(46(66)73-38-31-56(13,14)63(70)57(15,16)32-38)43(48(68)75-37-29-54(9,10)62(23)55(11,12)30-37)44(49(69)76-39-33-58(17,18)64(71)59(19,20)34-39)42(40)47(67)74-36-27-52(5,6)61(22)53(7,8)28-36/h35-44,70-71H,24-34H2,1-23H3. The third-order valence-electron chi connectivity index (χ3n) is 20.0. The first-order chi connectivity index (χ1) is 34.2. The van der Waals surface area contributed by atoms with Gasteiger partial charge >= 0.3 is 29.8 Å². The van der Waals surface area contributed by atoms with Crippen molar-refractivity contribution in [2.24, 2.45) is 29.6 Å². The molecule has 1 aliphatic carbocycles. The van der Waals surface area contributed by atoms with Gasteiger partial charge in [-0.2, -0.15) is 10.1 Å². The van der Waals surface area contributed by atoms with E-state index in [0.717, 1.165) is 0 Å². The Morgan fingerprint density at radius 1 is 0.303 bits per heavy atom. The van der Waals surface area contributed by atoms with Gasteiger partial charge in [0.25, 0.3) is 0 Å². The molecule has 0 aromatic rings. The van der Waals surface area contributed by atoms with Crippen LogP contribution in [0.15, 0.2) is 0 Å². The summed E-state index contributed by atoms with van der Waals surface area (Å²) >= 11 is 0. The lowest BCUT2D eigenvalue weighted by atomic mass is 9.61. The van der Waals surface area contributed by atoms with Crippen LogP contribution in [-0.2, 0) is 47.7 Å². The molecule has 0 amide bonds. The quantitative estimate of drug-likeness (QED) is 0.156. The van der Waals surface area contributed by atoms with Gasteiger partial charge in [-0.3, -0.25) is 38.7 Å². The van der Waals surface area contributed by atoms with Gasteiger partial charge in [0.15, 0.2) is 0 Å². The fourth-order valence-corrected chi connectivity index (χ4v) is 15.5. The third kappa shape index (κ3) is 12.5. The molecule has 0 aromatic heterocycles. The van der Waals surface area contributed by atoms with Crippen molar-refractivity contribution in [3.8, 4) is 0 Å². The Morgan fingerprint density at radius 2 is 0.474 bits per heavy atom. The van der Waals surface area contributed by atoms with Gasteiger partial charge in [-0.1, -0.05) is 0 Å². The summed E-state index contributed by atoms with van der Waals surface area (Å²) in [6.45, 7) is 39.8. The number of hydrogen-bond acceptors (Lipinski definition) is 17. The Kier molecular flexibility index (Phi) is 16.8. The van der Waals surface area contributed by atoms with Crippen LogP contribution in [0.4, 0.5) is 0 Å². The number of likely N-dealkylation sites (tertiary alicyclic amines) is 3. The van der Waals surface area contributed by atoms with Crippen molar-refractivity contribution in [3.05, 3.63) is 0 Å². The number of nitrogens with zero attached hydrogens (tertiary/aromatic N) is 5. The number of hydrogen-bond donors (Lipinski definition) is 2. The van der Waals surface area contributed by atoms with Crippen LogP contribution >= 0.6 is 0 Å². The number of esters is 5. The summed E-state index contributed by atoms with van der Waals surface area (Å²) in [7, 11) is 6.14. The van der Waals surface area contributed by atoms with E-state index in [4.69, 9.17) is 23.7 Å². The molecular weight excluding hydrogens is 971 g/mol. The van der Waals surface area contributed by atoms with E-state index in [9.17, 15) is 10.4 Å². The number of carbonyl (C=O) groups excluding carboxylic acids is 5. The van der Waals surface area contributed by atoms with Crippen LogP contribution in [0, 0.1) is 29.6 Å². The summed E-state index contributed by atoms with van der Waals surface area (Å²) in [6.07, 6.45) is -0.237. The van der Waals surface area contributed by atoms with Crippen molar-refractivity contribution in [1.29, 1.82) is 0 Å². The maximum absolute atomic E-state index is 15.9. The monoisotopic (exact) mass is 1070 g/mol. The van der Waals surface area contributed by atoms with Gasteiger partial charge in [-0.25, -0.2) is 0 Å². The minimum absolute atomic E-state index is 0.197. The highest BCUT2D eigenvalue weighted by atomic mass is 16.6.